The van der Waals surface area contributed by atoms with Crippen LogP contribution in [0, 0.1) is 23.7 Å². The van der Waals surface area contributed by atoms with Gasteiger partial charge in [-0.15, -0.1) is 0 Å². The number of hydrogen-bond acceptors (Lipinski definition) is 1. The van der Waals surface area contributed by atoms with E-state index in [4.69, 9.17) is 0 Å². The molecule has 0 amide bonds. The van der Waals surface area contributed by atoms with Crippen molar-refractivity contribution < 1.29 is 0 Å². The van der Waals surface area contributed by atoms with Crippen LogP contribution in [0.4, 0.5) is 0 Å². The summed E-state index contributed by atoms with van der Waals surface area (Å²) in [5.74, 6) is 4.39. The molecule has 4 aliphatic rings. The number of rotatable bonds is 0. The van der Waals surface area contributed by atoms with Gasteiger partial charge >= 0.3 is 0 Å². The van der Waals surface area contributed by atoms with Crippen LogP contribution in [0.1, 0.15) is 25.7 Å². The molecule has 0 aromatic heterocycles. The Labute approximate surface area is 68.6 Å². The Bertz CT molecular complexity index is 140. The summed E-state index contributed by atoms with van der Waals surface area (Å²) >= 11 is 0. The van der Waals surface area contributed by atoms with Crippen molar-refractivity contribution in [2.75, 3.05) is 13.1 Å². The Morgan fingerprint density at radius 2 is 1.18 bits per heavy atom. The third-order valence-electron chi connectivity index (χ3n) is 4.34. The maximum Gasteiger partial charge on any atom is -0.00145 e. The predicted molar refractivity (Wildman–Crippen MR) is 45.3 cm³/mol. The van der Waals surface area contributed by atoms with Crippen LogP contribution in [0.2, 0.25) is 0 Å². The lowest BCUT2D eigenvalue weighted by Gasteiger charge is -2.45. The molecule has 1 N–H and O–H groups in total. The molecule has 0 aromatic carbocycles. The Morgan fingerprint density at radius 1 is 0.727 bits per heavy atom. The lowest BCUT2D eigenvalue weighted by Crippen LogP contribution is -2.38. The summed E-state index contributed by atoms with van der Waals surface area (Å²) in [5, 5.41) is 3.57. The number of nitrogens with one attached hydrogen (secondary N) is 1. The Balaban J connectivity index is 1.89. The molecule has 4 rings (SSSR count). The van der Waals surface area contributed by atoms with Crippen molar-refractivity contribution in [2.45, 2.75) is 25.7 Å². The van der Waals surface area contributed by atoms with E-state index in [1.165, 1.54) is 13.1 Å². The molecule has 0 spiro atoms. The van der Waals surface area contributed by atoms with Crippen LogP contribution in [0.3, 0.4) is 0 Å². The molecule has 1 heteroatoms. The average molecular weight is 151 g/mol. The van der Waals surface area contributed by atoms with Crippen LogP contribution in [0.15, 0.2) is 0 Å². The van der Waals surface area contributed by atoms with E-state index in [0.29, 0.717) is 0 Å². The first-order valence-corrected chi connectivity index (χ1v) is 5.16. The third kappa shape index (κ3) is 0.807. The van der Waals surface area contributed by atoms with Gasteiger partial charge in [-0.25, -0.2) is 0 Å². The highest BCUT2D eigenvalue weighted by Gasteiger charge is 2.45. The molecule has 3 aliphatic carbocycles. The van der Waals surface area contributed by atoms with Crippen LogP contribution < -0.4 is 5.32 Å². The van der Waals surface area contributed by atoms with Gasteiger partial charge in [0.1, 0.15) is 0 Å². The largest absolute Gasteiger partial charge is 0.316 e. The van der Waals surface area contributed by atoms with E-state index < -0.39 is 0 Å². The van der Waals surface area contributed by atoms with Crippen molar-refractivity contribution in [3.05, 3.63) is 0 Å². The SMILES string of the molecule is C1CC2CCC1C1CNCC21. The topological polar surface area (TPSA) is 12.0 Å². The lowest BCUT2D eigenvalue weighted by molar-refractivity contribution is 0.0577. The molecule has 62 valence electrons. The maximum atomic E-state index is 3.57. The van der Waals surface area contributed by atoms with Gasteiger partial charge in [-0.2, -0.15) is 0 Å². The molecule has 1 aliphatic heterocycles. The summed E-state index contributed by atoms with van der Waals surface area (Å²) in [6, 6.07) is 0. The summed E-state index contributed by atoms with van der Waals surface area (Å²) in [5.41, 5.74) is 0. The molecule has 11 heavy (non-hydrogen) atoms. The molecule has 1 saturated heterocycles. The fourth-order valence-electron chi connectivity index (χ4n) is 3.75. The van der Waals surface area contributed by atoms with Crippen LogP contribution in [0.5, 0.6) is 0 Å². The van der Waals surface area contributed by atoms with Gasteiger partial charge in [0.15, 0.2) is 0 Å². The van der Waals surface area contributed by atoms with Crippen molar-refractivity contribution >= 4 is 0 Å². The van der Waals surface area contributed by atoms with Gasteiger partial charge in [0.2, 0.25) is 0 Å². The zero-order chi connectivity index (χ0) is 7.26. The molecule has 1 heterocycles. The van der Waals surface area contributed by atoms with Crippen molar-refractivity contribution in [2.24, 2.45) is 23.7 Å². The van der Waals surface area contributed by atoms with E-state index >= 15 is 0 Å². The summed E-state index contributed by atoms with van der Waals surface area (Å²) < 4.78 is 0. The van der Waals surface area contributed by atoms with Crippen molar-refractivity contribution in [3.63, 3.8) is 0 Å². The first kappa shape index (κ1) is 6.47. The molecule has 3 saturated carbocycles. The molecular weight excluding hydrogens is 134 g/mol. The van der Waals surface area contributed by atoms with Crippen molar-refractivity contribution in [3.8, 4) is 0 Å². The first-order chi connectivity index (χ1) is 5.45. The second kappa shape index (κ2) is 2.22. The molecular formula is C10H17N. The minimum atomic E-state index is 1.09. The highest BCUT2D eigenvalue weighted by atomic mass is 14.9. The smallest absolute Gasteiger partial charge is 0.00145 e. The molecule has 0 aromatic rings. The first-order valence-electron chi connectivity index (χ1n) is 5.16. The monoisotopic (exact) mass is 151 g/mol. The normalized spacial score (nSPS) is 54.5. The Hall–Kier alpha value is -0.0400. The summed E-state index contributed by atoms with van der Waals surface area (Å²) in [6.07, 6.45) is 6.20. The van der Waals surface area contributed by atoms with Gasteiger partial charge < -0.3 is 5.32 Å². The molecule has 2 bridgehead atoms. The highest BCUT2D eigenvalue weighted by Crippen LogP contribution is 2.49. The maximum absolute atomic E-state index is 3.57. The minimum Gasteiger partial charge on any atom is -0.316 e. The standard InChI is InChI=1S/C10H17N/c1-2-8-4-3-7(1)9-5-11-6-10(8)9/h7-11H,1-6H2. The number of fused-ring (bicyclic) bond motifs is 2. The van der Waals surface area contributed by atoms with Crippen LogP contribution in [0.25, 0.3) is 0 Å². The van der Waals surface area contributed by atoms with Gasteiger partial charge in [0, 0.05) is 0 Å². The van der Waals surface area contributed by atoms with Gasteiger partial charge in [0.05, 0.1) is 0 Å². The zero-order valence-corrected chi connectivity index (χ0v) is 7.05. The van der Waals surface area contributed by atoms with Crippen molar-refractivity contribution in [1.82, 2.24) is 5.32 Å². The van der Waals surface area contributed by atoms with Crippen LogP contribution >= 0.6 is 0 Å². The predicted octanol–water partition coefficient (Wildman–Crippen LogP) is 1.64. The van der Waals surface area contributed by atoms with Gasteiger partial charge in [-0.1, -0.05) is 0 Å². The van der Waals surface area contributed by atoms with Crippen LogP contribution in [-0.4, -0.2) is 13.1 Å². The summed E-state index contributed by atoms with van der Waals surface area (Å²) in [6.45, 7) is 2.68. The Morgan fingerprint density at radius 3 is 1.64 bits per heavy atom. The third-order valence-corrected chi connectivity index (χ3v) is 4.34. The van der Waals surface area contributed by atoms with Crippen molar-refractivity contribution in [1.29, 1.82) is 0 Å². The second-order valence-corrected chi connectivity index (χ2v) is 4.66. The molecule has 0 radical (unpaired) electrons. The van der Waals surface area contributed by atoms with E-state index in [9.17, 15) is 0 Å². The van der Waals surface area contributed by atoms with E-state index in [-0.39, 0.29) is 0 Å². The minimum absolute atomic E-state index is 1.09. The quantitative estimate of drug-likeness (QED) is 0.555. The van der Waals surface area contributed by atoms with Gasteiger partial charge in [-0.3, -0.25) is 0 Å². The van der Waals surface area contributed by atoms with E-state index in [0.717, 1.165) is 23.7 Å². The van der Waals surface area contributed by atoms with E-state index in [1.54, 1.807) is 25.7 Å². The zero-order valence-electron chi connectivity index (χ0n) is 7.05. The fraction of sp³-hybridized carbons (Fsp3) is 1.00. The Kier molecular flexibility index (Phi) is 1.31. The molecule has 1 nitrogen and oxygen atoms in total. The molecule has 4 fully saturated rings. The average Bonchev–Trinajstić information content (AvgIpc) is 2.55. The molecule has 2 atom stereocenters. The number of hydrogen-bond donors (Lipinski definition) is 1. The lowest BCUT2D eigenvalue weighted by atomic mass is 9.60. The highest BCUT2D eigenvalue weighted by molar-refractivity contribution is 4.97. The van der Waals surface area contributed by atoms with E-state index in [2.05, 4.69) is 5.32 Å². The second-order valence-electron chi connectivity index (χ2n) is 4.66. The fourth-order valence-corrected chi connectivity index (χ4v) is 3.75. The van der Waals surface area contributed by atoms with E-state index in [1.807, 2.05) is 0 Å². The van der Waals surface area contributed by atoms with Gasteiger partial charge in [0.25, 0.3) is 0 Å². The summed E-state index contributed by atoms with van der Waals surface area (Å²) in [7, 11) is 0. The molecule has 2 unspecified atom stereocenters. The summed E-state index contributed by atoms with van der Waals surface area (Å²) in [4.78, 5) is 0. The van der Waals surface area contributed by atoms with Gasteiger partial charge in [-0.05, 0) is 62.4 Å². The van der Waals surface area contributed by atoms with Crippen LogP contribution in [-0.2, 0) is 0 Å².